The van der Waals surface area contributed by atoms with Crippen molar-refractivity contribution in [2.75, 3.05) is 19.3 Å². The maximum absolute atomic E-state index is 11.9. The lowest BCUT2D eigenvalue weighted by Gasteiger charge is -2.30. The zero-order valence-electron chi connectivity index (χ0n) is 11.1. The zero-order valence-corrected chi connectivity index (χ0v) is 11.9. The van der Waals surface area contributed by atoms with E-state index >= 15 is 0 Å². The second-order valence-corrected chi connectivity index (χ2v) is 6.75. The van der Waals surface area contributed by atoms with E-state index in [1.807, 2.05) is 0 Å². The minimum atomic E-state index is -3.31. The summed E-state index contributed by atoms with van der Waals surface area (Å²) in [5.74, 6) is -1.94. The molecule has 2 N–H and O–H groups in total. The predicted octanol–water partition coefficient (Wildman–Crippen LogP) is -0.363. The Labute approximate surface area is 113 Å². The van der Waals surface area contributed by atoms with Crippen molar-refractivity contribution < 1.29 is 23.1 Å². The summed E-state index contributed by atoms with van der Waals surface area (Å²) in [5.41, 5.74) is 0. The molecule has 19 heavy (non-hydrogen) atoms. The standard InChI is InChI=1S/C11H20N2O5S/c1-3-9(11(15)16)12-10(14)8-5-4-6-13(7-8)19(2,17)18/h8-9H,3-7H2,1-2H3,(H,12,14)(H,15,16)/t8?,9-/m0/s1. The monoisotopic (exact) mass is 292 g/mol. The molecule has 0 saturated carbocycles. The average molecular weight is 292 g/mol. The summed E-state index contributed by atoms with van der Waals surface area (Å²) in [6, 6.07) is -0.916. The van der Waals surface area contributed by atoms with E-state index in [1.165, 1.54) is 4.31 Å². The van der Waals surface area contributed by atoms with E-state index in [0.717, 1.165) is 6.26 Å². The Bertz CT molecular complexity index is 448. The van der Waals surface area contributed by atoms with E-state index in [0.29, 0.717) is 25.8 Å². The van der Waals surface area contributed by atoms with Crippen molar-refractivity contribution in [1.82, 2.24) is 9.62 Å². The van der Waals surface area contributed by atoms with Crippen LogP contribution in [-0.4, -0.2) is 55.1 Å². The zero-order chi connectivity index (χ0) is 14.6. The SMILES string of the molecule is CC[C@H](NC(=O)C1CCCN(S(C)(=O)=O)C1)C(=O)O. The summed E-state index contributed by atoms with van der Waals surface area (Å²) in [6.45, 7) is 2.21. The molecule has 0 aromatic rings. The average Bonchev–Trinajstić information content (AvgIpc) is 2.34. The molecule has 110 valence electrons. The number of aliphatic carboxylic acids is 1. The van der Waals surface area contributed by atoms with Gasteiger partial charge in [-0.25, -0.2) is 17.5 Å². The first kappa shape index (κ1) is 15.9. The summed E-state index contributed by atoms with van der Waals surface area (Å²) >= 11 is 0. The van der Waals surface area contributed by atoms with Gasteiger partial charge in [0.15, 0.2) is 0 Å². The molecular formula is C11H20N2O5S. The fourth-order valence-electron chi connectivity index (χ4n) is 2.09. The van der Waals surface area contributed by atoms with Crippen molar-refractivity contribution >= 4 is 21.9 Å². The van der Waals surface area contributed by atoms with Crippen molar-refractivity contribution in [1.29, 1.82) is 0 Å². The molecule has 1 fully saturated rings. The van der Waals surface area contributed by atoms with Gasteiger partial charge in [0.05, 0.1) is 12.2 Å². The molecular weight excluding hydrogens is 272 g/mol. The molecule has 0 spiro atoms. The Hall–Kier alpha value is -1.15. The molecule has 1 amide bonds. The topological polar surface area (TPSA) is 104 Å². The van der Waals surface area contributed by atoms with Gasteiger partial charge in [-0.15, -0.1) is 0 Å². The molecule has 0 aromatic heterocycles. The van der Waals surface area contributed by atoms with Crippen LogP contribution in [0.4, 0.5) is 0 Å². The lowest BCUT2D eigenvalue weighted by atomic mass is 9.98. The van der Waals surface area contributed by atoms with E-state index in [1.54, 1.807) is 6.92 Å². The van der Waals surface area contributed by atoms with Gasteiger partial charge in [-0.2, -0.15) is 0 Å². The van der Waals surface area contributed by atoms with Crippen LogP contribution < -0.4 is 5.32 Å². The summed E-state index contributed by atoms with van der Waals surface area (Å²) < 4.78 is 24.1. The van der Waals surface area contributed by atoms with E-state index in [-0.39, 0.29) is 12.5 Å². The number of piperidine rings is 1. The molecule has 1 saturated heterocycles. The van der Waals surface area contributed by atoms with E-state index < -0.39 is 28.0 Å². The van der Waals surface area contributed by atoms with Gasteiger partial charge < -0.3 is 10.4 Å². The van der Waals surface area contributed by atoms with Crippen molar-refractivity contribution in [2.45, 2.75) is 32.2 Å². The summed E-state index contributed by atoms with van der Waals surface area (Å²) in [5, 5.41) is 11.3. The molecule has 7 nitrogen and oxygen atoms in total. The van der Waals surface area contributed by atoms with Crippen molar-refractivity contribution in [3.63, 3.8) is 0 Å². The minimum absolute atomic E-state index is 0.126. The Morgan fingerprint density at radius 3 is 2.58 bits per heavy atom. The fraction of sp³-hybridized carbons (Fsp3) is 0.818. The Kier molecular flexibility index (Phi) is 5.30. The molecule has 0 radical (unpaired) electrons. The number of hydrogen-bond acceptors (Lipinski definition) is 4. The normalized spacial score (nSPS) is 22.7. The van der Waals surface area contributed by atoms with Crippen molar-refractivity contribution in [3.05, 3.63) is 0 Å². The second-order valence-electron chi connectivity index (χ2n) is 4.77. The third-order valence-corrected chi connectivity index (χ3v) is 4.52. The van der Waals surface area contributed by atoms with Crippen LogP contribution >= 0.6 is 0 Å². The molecule has 1 unspecified atom stereocenters. The highest BCUT2D eigenvalue weighted by Gasteiger charge is 2.31. The molecule has 2 atom stereocenters. The lowest BCUT2D eigenvalue weighted by Crippen LogP contribution is -2.49. The molecule has 0 aromatic carbocycles. The first-order chi connectivity index (χ1) is 8.75. The van der Waals surface area contributed by atoms with Crippen LogP contribution in [0.3, 0.4) is 0 Å². The number of nitrogens with zero attached hydrogens (tertiary/aromatic N) is 1. The first-order valence-corrected chi connectivity index (χ1v) is 8.08. The van der Waals surface area contributed by atoms with Crippen LogP contribution in [0.1, 0.15) is 26.2 Å². The van der Waals surface area contributed by atoms with Gasteiger partial charge in [-0.05, 0) is 19.3 Å². The Balaban J connectivity index is 2.65. The van der Waals surface area contributed by atoms with E-state index in [4.69, 9.17) is 5.11 Å². The highest BCUT2D eigenvalue weighted by atomic mass is 32.2. The van der Waals surface area contributed by atoms with E-state index in [2.05, 4.69) is 5.32 Å². The number of carboxylic acid groups (broad SMARTS) is 1. The quantitative estimate of drug-likeness (QED) is 0.720. The van der Waals surface area contributed by atoms with Crippen LogP contribution in [0.15, 0.2) is 0 Å². The molecule has 1 aliphatic heterocycles. The molecule has 0 aliphatic carbocycles. The number of hydrogen-bond donors (Lipinski definition) is 2. The van der Waals surface area contributed by atoms with Crippen LogP contribution in [-0.2, 0) is 19.6 Å². The van der Waals surface area contributed by atoms with Crippen molar-refractivity contribution in [3.8, 4) is 0 Å². The molecule has 1 rings (SSSR count). The largest absolute Gasteiger partial charge is 0.480 e. The molecule has 0 bridgehead atoms. The number of nitrogens with one attached hydrogen (secondary N) is 1. The molecule has 1 heterocycles. The fourth-order valence-corrected chi connectivity index (χ4v) is 3.00. The Morgan fingerprint density at radius 2 is 2.11 bits per heavy atom. The highest BCUT2D eigenvalue weighted by molar-refractivity contribution is 7.88. The van der Waals surface area contributed by atoms with Crippen LogP contribution in [0, 0.1) is 5.92 Å². The highest BCUT2D eigenvalue weighted by Crippen LogP contribution is 2.19. The van der Waals surface area contributed by atoms with E-state index in [9.17, 15) is 18.0 Å². The van der Waals surface area contributed by atoms with Crippen LogP contribution in [0.2, 0.25) is 0 Å². The second kappa shape index (κ2) is 6.33. The van der Waals surface area contributed by atoms with Crippen LogP contribution in [0.5, 0.6) is 0 Å². The van der Waals surface area contributed by atoms with Gasteiger partial charge in [0.2, 0.25) is 15.9 Å². The molecule has 8 heteroatoms. The van der Waals surface area contributed by atoms with Crippen LogP contribution in [0.25, 0.3) is 0 Å². The summed E-state index contributed by atoms with van der Waals surface area (Å²) in [7, 11) is -3.31. The van der Waals surface area contributed by atoms with Gasteiger partial charge >= 0.3 is 5.97 Å². The summed E-state index contributed by atoms with van der Waals surface area (Å²) in [6.07, 6.45) is 2.59. The number of rotatable bonds is 5. The third-order valence-electron chi connectivity index (χ3n) is 3.25. The Morgan fingerprint density at radius 1 is 1.47 bits per heavy atom. The lowest BCUT2D eigenvalue weighted by molar-refractivity contribution is -0.142. The van der Waals surface area contributed by atoms with Gasteiger partial charge in [0.1, 0.15) is 6.04 Å². The maximum Gasteiger partial charge on any atom is 0.326 e. The smallest absolute Gasteiger partial charge is 0.326 e. The number of amides is 1. The van der Waals surface area contributed by atoms with Gasteiger partial charge in [0, 0.05) is 13.1 Å². The number of carboxylic acids is 1. The number of carbonyl (C=O) groups is 2. The maximum atomic E-state index is 11.9. The first-order valence-electron chi connectivity index (χ1n) is 6.24. The van der Waals surface area contributed by atoms with Crippen molar-refractivity contribution in [2.24, 2.45) is 5.92 Å². The summed E-state index contributed by atoms with van der Waals surface area (Å²) in [4.78, 5) is 22.8. The third kappa shape index (κ3) is 4.46. The van der Waals surface area contributed by atoms with Gasteiger partial charge in [-0.3, -0.25) is 4.79 Å². The number of carbonyl (C=O) groups excluding carboxylic acids is 1. The predicted molar refractivity (Wildman–Crippen MR) is 69.0 cm³/mol. The minimum Gasteiger partial charge on any atom is -0.480 e. The number of sulfonamides is 1. The van der Waals surface area contributed by atoms with Gasteiger partial charge in [-0.1, -0.05) is 6.92 Å². The molecule has 1 aliphatic rings. The van der Waals surface area contributed by atoms with Gasteiger partial charge in [0.25, 0.3) is 0 Å².